The van der Waals surface area contributed by atoms with Crippen molar-refractivity contribution in [2.75, 3.05) is 0 Å². The molecule has 0 aromatic carbocycles. The smallest absolute Gasteiger partial charge is 0.0495 e. The van der Waals surface area contributed by atoms with Gasteiger partial charge in [-0.15, -0.1) is 0 Å². The van der Waals surface area contributed by atoms with E-state index in [1.807, 2.05) is 18.3 Å². The molecular formula is C11H10N2. The van der Waals surface area contributed by atoms with Crippen LogP contribution in [0, 0.1) is 0 Å². The van der Waals surface area contributed by atoms with Gasteiger partial charge in [-0.3, -0.25) is 4.98 Å². The molecule has 13 heavy (non-hydrogen) atoms. The van der Waals surface area contributed by atoms with Gasteiger partial charge in [0.1, 0.15) is 0 Å². The molecule has 0 radical (unpaired) electrons. The summed E-state index contributed by atoms with van der Waals surface area (Å²) in [5.41, 5.74) is 3.14. The van der Waals surface area contributed by atoms with Crippen LogP contribution in [0.3, 0.4) is 0 Å². The zero-order valence-electron chi connectivity index (χ0n) is 7.25. The van der Waals surface area contributed by atoms with Crippen molar-refractivity contribution in [1.82, 2.24) is 9.97 Å². The zero-order chi connectivity index (χ0) is 9.26. The number of hydrogen-bond donors (Lipinski definition) is 1. The van der Waals surface area contributed by atoms with Crippen molar-refractivity contribution < 1.29 is 0 Å². The first-order valence-corrected chi connectivity index (χ1v) is 4.07. The van der Waals surface area contributed by atoms with Crippen molar-refractivity contribution in [3.8, 4) is 0 Å². The van der Waals surface area contributed by atoms with Gasteiger partial charge in [0.15, 0.2) is 0 Å². The van der Waals surface area contributed by atoms with E-state index in [4.69, 9.17) is 0 Å². The molecule has 2 heteroatoms. The Morgan fingerprint density at radius 1 is 1.31 bits per heavy atom. The van der Waals surface area contributed by atoms with Gasteiger partial charge in [-0.2, -0.15) is 0 Å². The quantitative estimate of drug-likeness (QED) is 0.737. The summed E-state index contributed by atoms with van der Waals surface area (Å²) in [7, 11) is 0. The summed E-state index contributed by atoms with van der Waals surface area (Å²) < 4.78 is 0. The Balaban J connectivity index is 2.88. The van der Waals surface area contributed by atoms with Gasteiger partial charge in [-0.1, -0.05) is 19.2 Å². The Kier molecular flexibility index (Phi) is 1.74. The summed E-state index contributed by atoms with van der Waals surface area (Å²) in [5, 5.41) is 1.09. The molecule has 64 valence electrons. The Morgan fingerprint density at radius 3 is 2.85 bits per heavy atom. The van der Waals surface area contributed by atoms with Crippen LogP contribution >= 0.6 is 0 Å². The lowest BCUT2D eigenvalue weighted by molar-refractivity contribution is 1.35. The SMILES string of the molecule is C=Cc1[nH]c2ccncc2c1C=C. The molecule has 0 aliphatic heterocycles. The monoisotopic (exact) mass is 170 g/mol. The van der Waals surface area contributed by atoms with Gasteiger partial charge in [-0.25, -0.2) is 0 Å². The summed E-state index contributed by atoms with van der Waals surface area (Å²) in [6, 6.07) is 1.94. The van der Waals surface area contributed by atoms with E-state index in [2.05, 4.69) is 23.1 Å². The van der Waals surface area contributed by atoms with Crippen molar-refractivity contribution in [3.05, 3.63) is 42.9 Å². The van der Waals surface area contributed by atoms with Crippen LogP contribution in [0.25, 0.3) is 23.1 Å². The van der Waals surface area contributed by atoms with Crippen LogP contribution in [0.4, 0.5) is 0 Å². The third-order valence-electron chi connectivity index (χ3n) is 2.08. The predicted octanol–water partition coefficient (Wildman–Crippen LogP) is 2.85. The van der Waals surface area contributed by atoms with Crippen molar-refractivity contribution >= 4 is 23.1 Å². The minimum Gasteiger partial charge on any atom is -0.354 e. The van der Waals surface area contributed by atoms with Gasteiger partial charge < -0.3 is 4.98 Å². The Hall–Kier alpha value is -1.83. The van der Waals surface area contributed by atoms with Crippen LogP contribution in [0.5, 0.6) is 0 Å². The summed E-state index contributed by atoms with van der Waals surface area (Å²) >= 11 is 0. The fourth-order valence-corrected chi connectivity index (χ4v) is 1.46. The Labute approximate surface area is 76.6 Å². The van der Waals surface area contributed by atoms with Crippen LogP contribution < -0.4 is 0 Å². The summed E-state index contributed by atoms with van der Waals surface area (Å²) in [6.45, 7) is 7.50. The van der Waals surface area contributed by atoms with Crippen LogP contribution in [-0.4, -0.2) is 9.97 Å². The topological polar surface area (TPSA) is 28.7 Å². The highest BCUT2D eigenvalue weighted by atomic mass is 14.7. The van der Waals surface area contributed by atoms with E-state index < -0.39 is 0 Å². The van der Waals surface area contributed by atoms with Crippen LogP contribution in [-0.2, 0) is 0 Å². The molecule has 0 aliphatic rings. The van der Waals surface area contributed by atoms with E-state index in [1.165, 1.54) is 0 Å². The van der Waals surface area contributed by atoms with E-state index in [0.29, 0.717) is 0 Å². The molecule has 0 amide bonds. The van der Waals surface area contributed by atoms with Crippen molar-refractivity contribution in [2.45, 2.75) is 0 Å². The highest BCUT2D eigenvalue weighted by Gasteiger charge is 2.04. The maximum atomic E-state index is 4.07. The Morgan fingerprint density at radius 2 is 2.15 bits per heavy atom. The predicted molar refractivity (Wildman–Crippen MR) is 56.3 cm³/mol. The van der Waals surface area contributed by atoms with Gasteiger partial charge in [0.2, 0.25) is 0 Å². The number of nitrogens with one attached hydrogen (secondary N) is 1. The first-order chi connectivity index (χ1) is 6.36. The first-order valence-electron chi connectivity index (χ1n) is 4.07. The highest BCUT2D eigenvalue weighted by molar-refractivity contribution is 5.91. The largest absolute Gasteiger partial charge is 0.354 e. The number of aromatic amines is 1. The maximum Gasteiger partial charge on any atom is 0.0495 e. The number of fused-ring (bicyclic) bond motifs is 1. The van der Waals surface area contributed by atoms with E-state index in [9.17, 15) is 0 Å². The normalized spacial score (nSPS) is 10.2. The molecule has 2 aromatic rings. The lowest BCUT2D eigenvalue weighted by Crippen LogP contribution is -1.73. The molecule has 2 aromatic heterocycles. The van der Waals surface area contributed by atoms with Crippen LogP contribution in [0.15, 0.2) is 31.6 Å². The lowest BCUT2D eigenvalue weighted by atomic mass is 10.1. The third kappa shape index (κ3) is 1.07. The second-order valence-electron chi connectivity index (χ2n) is 2.78. The van der Waals surface area contributed by atoms with Gasteiger partial charge in [-0.05, 0) is 12.1 Å². The third-order valence-corrected chi connectivity index (χ3v) is 2.08. The molecule has 0 atom stereocenters. The Bertz CT molecular complexity index is 466. The van der Waals surface area contributed by atoms with Gasteiger partial charge in [0.05, 0.1) is 0 Å². The number of hydrogen-bond acceptors (Lipinski definition) is 1. The minimum atomic E-state index is 0.998. The van der Waals surface area contributed by atoms with E-state index in [1.54, 1.807) is 12.3 Å². The zero-order valence-corrected chi connectivity index (χ0v) is 7.25. The molecule has 2 heterocycles. The van der Waals surface area contributed by atoms with E-state index in [0.717, 1.165) is 22.2 Å². The standard InChI is InChI=1S/C11H10N2/c1-3-8-9-7-12-6-5-11(9)13-10(8)4-2/h3-7,13H,1-2H2. The van der Waals surface area contributed by atoms with Crippen LogP contribution in [0.2, 0.25) is 0 Å². The molecular weight excluding hydrogens is 160 g/mol. The van der Waals surface area contributed by atoms with E-state index in [-0.39, 0.29) is 0 Å². The molecule has 0 aliphatic carbocycles. The molecule has 2 rings (SSSR count). The van der Waals surface area contributed by atoms with Crippen molar-refractivity contribution in [1.29, 1.82) is 0 Å². The number of aromatic nitrogens is 2. The molecule has 0 fully saturated rings. The van der Waals surface area contributed by atoms with Gasteiger partial charge in [0, 0.05) is 34.6 Å². The highest BCUT2D eigenvalue weighted by Crippen LogP contribution is 2.22. The number of rotatable bonds is 2. The number of nitrogens with zero attached hydrogens (tertiary/aromatic N) is 1. The summed E-state index contributed by atoms with van der Waals surface area (Å²) in [6.07, 6.45) is 7.20. The van der Waals surface area contributed by atoms with Crippen LogP contribution in [0.1, 0.15) is 11.3 Å². The van der Waals surface area contributed by atoms with Crippen molar-refractivity contribution in [3.63, 3.8) is 0 Å². The first kappa shape index (κ1) is 7.80. The van der Waals surface area contributed by atoms with E-state index >= 15 is 0 Å². The second kappa shape index (κ2) is 2.90. The fourth-order valence-electron chi connectivity index (χ4n) is 1.46. The fraction of sp³-hybridized carbons (Fsp3) is 0. The second-order valence-corrected chi connectivity index (χ2v) is 2.78. The summed E-state index contributed by atoms with van der Waals surface area (Å²) in [5.74, 6) is 0. The lowest BCUT2D eigenvalue weighted by Gasteiger charge is -1.90. The molecule has 0 saturated heterocycles. The average Bonchev–Trinajstić information content (AvgIpc) is 2.55. The maximum absolute atomic E-state index is 4.07. The molecule has 0 spiro atoms. The number of pyridine rings is 1. The molecule has 0 unspecified atom stereocenters. The molecule has 0 saturated carbocycles. The average molecular weight is 170 g/mol. The number of H-pyrrole nitrogens is 1. The summed E-state index contributed by atoms with van der Waals surface area (Å²) in [4.78, 5) is 7.30. The van der Waals surface area contributed by atoms with Gasteiger partial charge >= 0.3 is 0 Å². The molecule has 0 bridgehead atoms. The molecule has 2 nitrogen and oxygen atoms in total. The van der Waals surface area contributed by atoms with Crippen molar-refractivity contribution in [2.24, 2.45) is 0 Å². The molecule has 1 N–H and O–H groups in total. The van der Waals surface area contributed by atoms with Gasteiger partial charge in [0.25, 0.3) is 0 Å². The minimum absolute atomic E-state index is 0.998.